The summed E-state index contributed by atoms with van der Waals surface area (Å²) in [4.78, 5) is 2.06. The Labute approximate surface area is 184 Å². The standard InChI is InChI=1S/C21H24FN2O3S.BrH/c1-3-27-16-7-5-15(6-8-16)23-14-21(25,24-11-4-12-28-20(23)24)18-10-9-17(26-2)13-19(18)22;/h5-10,13,25H,3-4,11-12,14H2,1-2H3;1H/q+1;/p-1. The van der Waals surface area contributed by atoms with Gasteiger partial charge in [-0.1, -0.05) is 0 Å². The van der Waals surface area contributed by atoms with Crippen molar-refractivity contribution in [1.82, 2.24) is 0 Å². The molecule has 5 nitrogen and oxygen atoms in total. The lowest BCUT2D eigenvalue weighted by molar-refractivity contribution is -0.657. The Balaban J connectivity index is 0.00000240. The first kappa shape index (κ1) is 21.9. The van der Waals surface area contributed by atoms with Gasteiger partial charge in [-0.3, -0.25) is 0 Å². The van der Waals surface area contributed by atoms with E-state index in [2.05, 4.69) is 4.90 Å². The van der Waals surface area contributed by atoms with Crippen LogP contribution in [0.3, 0.4) is 0 Å². The number of hydrogen-bond acceptors (Lipinski definition) is 5. The van der Waals surface area contributed by atoms with Gasteiger partial charge in [-0.15, -0.1) is 0 Å². The average molecular weight is 483 g/mol. The van der Waals surface area contributed by atoms with Crippen molar-refractivity contribution in [2.45, 2.75) is 19.1 Å². The predicted molar refractivity (Wildman–Crippen MR) is 109 cm³/mol. The largest absolute Gasteiger partial charge is 1.00 e. The molecule has 0 radical (unpaired) electrons. The number of nitrogens with zero attached hydrogens (tertiary/aromatic N) is 2. The predicted octanol–water partition coefficient (Wildman–Crippen LogP) is 0.408. The highest BCUT2D eigenvalue weighted by atomic mass is 79.9. The zero-order valence-corrected chi connectivity index (χ0v) is 18.8. The van der Waals surface area contributed by atoms with Crippen LogP contribution in [0.2, 0.25) is 0 Å². The molecule has 0 fully saturated rings. The second-order valence-electron chi connectivity index (χ2n) is 6.81. The molecule has 0 bridgehead atoms. The molecule has 4 rings (SSSR count). The summed E-state index contributed by atoms with van der Waals surface area (Å²) in [6.07, 6.45) is 0.936. The summed E-state index contributed by atoms with van der Waals surface area (Å²) in [5, 5.41) is 12.6. The Morgan fingerprint density at radius 2 is 1.93 bits per heavy atom. The molecule has 2 aliphatic rings. The van der Waals surface area contributed by atoms with E-state index >= 15 is 0 Å². The molecule has 1 N–H and O–H groups in total. The number of anilines is 1. The second-order valence-corrected chi connectivity index (χ2v) is 7.87. The van der Waals surface area contributed by atoms with Crippen LogP contribution in [0.1, 0.15) is 18.9 Å². The topological polar surface area (TPSA) is 44.9 Å². The smallest absolute Gasteiger partial charge is 0.316 e. The van der Waals surface area contributed by atoms with E-state index in [4.69, 9.17) is 9.47 Å². The highest BCUT2D eigenvalue weighted by molar-refractivity contribution is 8.13. The minimum absolute atomic E-state index is 0. The minimum atomic E-state index is -1.43. The summed E-state index contributed by atoms with van der Waals surface area (Å²) in [6.45, 7) is 3.50. The molecule has 0 aliphatic carbocycles. The van der Waals surface area contributed by atoms with Gasteiger partial charge in [0.15, 0.2) is 6.54 Å². The maximum Gasteiger partial charge on any atom is 0.316 e. The highest BCUT2D eigenvalue weighted by Gasteiger charge is 2.54. The van der Waals surface area contributed by atoms with Gasteiger partial charge >= 0.3 is 5.17 Å². The first-order valence-corrected chi connectivity index (χ1v) is 10.4. The van der Waals surface area contributed by atoms with Crippen molar-refractivity contribution >= 4 is 22.6 Å². The van der Waals surface area contributed by atoms with Crippen LogP contribution in [-0.4, -0.2) is 47.4 Å². The fraction of sp³-hybridized carbons (Fsp3) is 0.381. The van der Waals surface area contributed by atoms with Crippen LogP contribution < -0.4 is 31.4 Å². The van der Waals surface area contributed by atoms with Gasteiger partial charge in [0, 0.05) is 11.8 Å². The minimum Gasteiger partial charge on any atom is -1.00 e. The van der Waals surface area contributed by atoms with Crippen molar-refractivity contribution in [3.05, 3.63) is 53.8 Å². The summed E-state index contributed by atoms with van der Waals surface area (Å²) >= 11 is 1.69. The van der Waals surface area contributed by atoms with Crippen molar-refractivity contribution in [3.63, 3.8) is 0 Å². The molecule has 1 atom stereocenters. The number of β-amino-alcohol motifs (C(OH)–C–C–N with tert-alkyl or cyclic N) is 1. The number of amidine groups is 1. The van der Waals surface area contributed by atoms with Gasteiger partial charge < -0.3 is 31.6 Å². The maximum atomic E-state index is 14.8. The third kappa shape index (κ3) is 3.98. The summed E-state index contributed by atoms with van der Waals surface area (Å²) in [7, 11) is 1.50. The number of methoxy groups -OCH3 is 1. The molecule has 2 aliphatic heterocycles. The number of ether oxygens (including phenoxy) is 2. The molecule has 1 unspecified atom stereocenters. The van der Waals surface area contributed by atoms with Crippen molar-refractivity contribution in [2.75, 3.05) is 37.5 Å². The fourth-order valence-corrected chi connectivity index (χ4v) is 4.95. The van der Waals surface area contributed by atoms with Crippen LogP contribution in [0.25, 0.3) is 0 Å². The van der Waals surface area contributed by atoms with Gasteiger partial charge in [0.25, 0.3) is 5.72 Å². The summed E-state index contributed by atoms with van der Waals surface area (Å²) in [6, 6.07) is 12.4. The van der Waals surface area contributed by atoms with E-state index in [1.54, 1.807) is 23.9 Å². The normalized spacial score (nSPS) is 20.9. The van der Waals surface area contributed by atoms with E-state index in [9.17, 15) is 9.50 Å². The first-order chi connectivity index (χ1) is 13.6. The first-order valence-electron chi connectivity index (χ1n) is 9.41. The molecule has 156 valence electrons. The second kappa shape index (κ2) is 8.93. The van der Waals surface area contributed by atoms with Gasteiger partial charge in [0.05, 0.1) is 25.8 Å². The molecule has 0 aromatic heterocycles. The van der Waals surface area contributed by atoms with E-state index in [1.165, 1.54) is 13.2 Å². The van der Waals surface area contributed by atoms with E-state index in [0.717, 1.165) is 28.8 Å². The molecule has 0 spiro atoms. The zero-order valence-electron chi connectivity index (χ0n) is 16.4. The van der Waals surface area contributed by atoms with Crippen molar-refractivity contribution in [1.29, 1.82) is 0 Å². The third-order valence-corrected chi connectivity index (χ3v) is 6.30. The molecule has 29 heavy (non-hydrogen) atoms. The Morgan fingerprint density at radius 3 is 2.59 bits per heavy atom. The molecule has 2 aromatic rings. The summed E-state index contributed by atoms with van der Waals surface area (Å²) in [5.41, 5.74) is -0.220. The van der Waals surface area contributed by atoms with Gasteiger partial charge in [0.2, 0.25) is 0 Å². The Bertz CT molecular complexity index is 909. The van der Waals surface area contributed by atoms with Crippen LogP contribution in [0.15, 0.2) is 42.5 Å². The molecular formula is C21H24BrFN2O3S. The van der Waals surface area contributed by atoms with E-state index in [0.29, 0.717) is 18.9 Å². The van der Waals surface area contributed by atoms with Crippen LogP contribution in [0.4, 0.5) is 10.1 Å². The van der Waals surface area contributed by atoms with E-state index < -0.39 is 11.5 Å². The number of rotatable bonds is 5. The molecule has 2 heterocycles. The SMILES string of the molecule is CCOc1ccc(N2CC(O)(c3ccc(OC)cc3F)[N+]3=C2SCCC3)cc1.[Br-]. The van der Waals surface area contributed by atoms with Gasteiger partial charge in [0.1, 0.15) is 23.0 Å². The van der Waals surface area contributed by atoms with Gasteiger partial charge in [-0.2, -0.15) is 0 Å². The van der Waals surface area contributed by atoms with Crippen LogP contribution in [0, 0.1) is 5.82 Å². The molecule has 0 saturated carbocycles. The monoisotopic (exact) mass is 482 g/mol. The lowest BCUT2D eigenvalue weighted by atomic mass is 10.0. The number of benzene rings is 2. The lowest BCUT2D eigenvalue weighted by Crippen LogP contribution is -3.00. The third-order valence-electron chi connectivity index (χ3n) is 5.11. The molecule has 8 heteroatoms. The highest BCUT2D eigenvalue weighted by Crippen LogP contribution is 2.39. The van der Waals surface area contributed by atoms with Crippen LogP contribution in [0.5, 0.6) is 11.5 Å². The molecular weight excluding hydrogens is 459 g/mol. The molecule has 0 saturated heterocycles. The van der Waals surface area contributed by atoms with Crippen molar-refractivity contribution in [2.24, 2.45) is 0 Å². The van der Waals surface area contributed by atoms with E-state index in [-0.39, 0.29) is 29.1 Å². The Morgan fingerprint density at radius 1 is 1.21 bits per heavy atom. The van der Waals surface area contributed by atoms with Crippen molar-refractivity contribution in [3.8, 4) is 11.5 Å². The average Bonchev–Trinajstić information content (AvgIpc) is 3.02. The summed E-state index contributed by atoms with van der Waals surface area (Å²) < 4.78 is 27.4. The number of halogens is 2. The number of aliphatic hydroxyl groups is 1. The van der Waals surface area contributed by atoms with Gasteiger partial charge in [-0.05, 0) is 61.5 Å². The van der Waals surface area contributed by atoms with Crippen LogP contribution in [-0.2, 0) is 5.72 Å². The molecule has 2 aromatic carbocycles. The summed E-state index contributed by atoms with van der Waals surface area (Å²) in [5.74, 6) is 1.74. The lowest BCUT2D eigenvalue weighted by Gasteiger charge is -2.24. The van der Waals surface area contributed by atoms with Crippen molar-refractivity contribution < 1.29 is 40.5 Å². The van der Waals surface area contributed by atoms with E-state index in [1.807, 2.05) is 35.8 Å². The quantitative estimate of drug-likeness (QED) is 0.625. The number of hydrogen-bond donors (Lipinski definition) is 1. The van der Waals surface area contributed by atoms with Crippen LogP contribution >= 0.6 is 11.8 Å². The maximum absolute atomic E-state index is 14.8. The molecule has 0 amide bonds. The zero-order chi connectivity index (χ0) is 19.7. The Kier molecular flexibility index (Phi) is 6.76. The van der Waals surface area contributed by atoms with Gasteiger partial charge in [-0.25, -0.2) is 13.9 Å². The fourth-order valence-electron chi connectivity index (χ4n) is 3.77. The number of thioether (sulfide) groups is 1. The Hall–Kier alpha value is -1.77.